The van der Waals surface area contributed by atoms with Crippen LogP contribution in [0.15, 0.2) is 53.6 Å². The standard InChI is InChI=1S/C25H29ClN2O5S/c1-3-19(4-2)33-20-6-8-21(9-7-20)34(31,32)28-12-11-17(14-28)23-15-27(16-25(29)30)24-10-5-18(26)13-22(23)24/h5-10,13,15,17,19H,3-4,11-12,14,16H2,1-2H3,(H,29,30). The van der Waals surface area contributed by atoms with Crippen LogP contribution in [0.25, 0.3) is 10.9 Å². The maximum atomic E-state index is 13.3. The maximum Gasteiger partial charge on any atom is 0.323 e. The van der Waals surface area contributed by atoms with Crippen molar-refractivity contribution in [3.8, 4) is 5.75 Å². The van der Waals surface area contributed by atoms with E-state index in [1.165, 1.54) is 4.31 Å². The van der Waals surface area contributed by atoms with Gasteiger partial charge in [-0.15, -0.1) is 0 Å². The average molecular weight is 505 g/mol. The second-order valence-corrected chi connectivity index (χ2v) is 11.0. The number of halogens is 1. The van der Waals surface area contributed by atoms with Gasteiger partial charge in [-0.25, -0.2) is 8.42 Å². The number of rotatable bonds is 9. The van der Waals surface area contributed by atoms with Crippen LogP contribution < -0.4 is 4.74 Å². The van der Waals surface area contributed by atoms with Gasteiger partial charge in [0.05, 0.1) is 11.0 Å². The van der Waals surface area contributed by atoms with Crippen LogP contribution in [0.2, 0.25) is 5.02 Å². The lowest BCUT2D eigenvalue weighted by atomic mass is 9.98. The summed E-state index contributed by atoms with van der Waals surface area (Å²) in [5.41, 5.74) is 1.70. The fraction of sp³-hybridized carbons (Fsp3) is 0.400. The van der Waals surface area contributed by atoms with Crippen LogP contribution >= 0.6 is 11.6 Å². The van der Waals surface area contributed by atoms with Gasteiger partial charge in [0, 0.05) is 41.1 Å². The van der Waals surface area contributed by atoms with E-state index in [4.69, 9.17) is 16.3 Å². The van der Waals surface area contributed by atoms with Crippen LogP contribution in [0.5, 0.6) is 5.75 Å². The number of fused-ring (bicyclic) bond motifs is 1. The second kappa shape index (κ2) is 9.98. The molecule has 7 nitrogen and oxygen atoms in total. The van der Waals surface area contributed by atoms with Crippen molar-refractivity contribution in [2.75, 3.05) is 13.1 Å². The first-order chi connectivity index (χ1) is 16.2. The number of aliphatic carboxylic acids is 1. The molecule has 182 valence electrons. The van der Waals surface area contributed by atoms with E-state index in [0.29, 0.717) is 30.3 Å². The highest BCUT2D eigenvalue weighted by atomic mass is 35.5. The van der Waals surface area contributed by atoms with Crippen molar-refractivity contribution in [3.05, 3.63) is 59.2 Å². The monoisotopic (exact) mass is 504 g/mol. The Bertz CT molecular complexity index is 1280. The number of aromatic nitrogens is 1. The molecule has 3 aromatic rings. The Labute approximate surface area is 204 Å². The molecule has 0 spiro atoms. The molecule has 0 aliphatic carbocycles. The number of nitrogens with zero attached hydrogens (tertiary/aromatic N) is 2. The molecule has 1 atom stereocenters. The first-order valence-electron chi connectivity index (χ1n) is 11.5. The summed E-state index contributed by atoms with van der Waals surface area (Å²) in [4.78, 5) is 11.6. The van der Waals surface area contributed by atoms with Crippen LogP contribution in [0.1, 0.15) is 44.6 Å². The Hall–Kier alpha value is -2.55. The lowest BCUT2D eigenvalue weighted by Gasteiger charge is -2.18. The minimum Gasteiger partial charge on any atom is -0.490 e. The smallest absolute Gasteiger partial charge is 0.323 e. The van der Waals surface area contributed by atoms with E-state index in [-0.39, 0.29) is 23.5 Å². The predicted octanol–water partition coefficient (Wildman–Crippen LogP) is 5.12. The molecule has 1 fully saturated rings. The van der Waals surface area contributed by atoms with E-state index in [9.17, 15) is 18.3 Å². The molecule has 1 saturated heterocycles. The first kappa shape index (κ1) is 24.6. The molecule has 1 N–H and O–H groups in total. The van der Waals surface area contributed by atoms with Crippen molar-refractivity contribution in [1.29, 1.82) is 0 Å². The van der Waals surface area contributed by atoms with Crippen LogP contribution in [-0.4, -0.2) is 47.6 Å². The summed E-state index contributed by atoms with van der Waals surface area (Å²) >= 11 is 6.21. The summed E-state index contributed by atoms with van der Waals surface area (Å²) in [6.07, 6.45) is 4.35. The highest BCUT2D eigenvalue weighted by molar-refractivity contribution is 7.89. The quantitative estimate of drug-likeness (QED) is 0.436. The molecule has 2 heterocycles. The number of hydrogen-bond acceptors (Lipinski definition) is 4. The third-order valence-electron chi connectivity index (χ3n) is 6.45. The summed E-state index contributed by atoms with van der Waals surface area (Å²) in [5, 5.41) is 10.7. The third-order valence-corrected chi connectivity index (χ3v) is 8.56. The minimum atomic E-state index is -3.66. The van der Waals surface area contributed by atoms with Crippen molar-refractivity contribution in [1.82, 2.24) is 8.87 Å². The zero-order chi connectivity index (χ0) is 24.5. The largest absolute Gasteiger partial charge is 0.490 e. The van der Waals surface area contributed by atoms with Crippen molar-refractivity contribution < 1.29 is 23.1 Å². The van der Waals surface area contributed by atoms with E-state index < -0.39 is 16.0 Å². The number of ether oxygens (including phenoxy) is 1. The molecule has 0 bridgehead atoms. The summed E-state index contributed by atoms with van der Waals surface area (Å²) in [5.74, 6) is -0.330. The Morgan fingerprint density at radius 2 is 1.88 bits per heavy atom. The molecule has 1 aliphatic rings. The van der Waals surface area contributed by atoms with Gasteiger partial charge in [-0.1, -0.05) is 25.4 Å². The average Bonchev–Trinajstić information content (AvgIpc) is 3.43. The second-order valence-electron chi connectivity index (χ2n) is 8.64. The highest BCUT2D eigenvalue weighted by Gasteiger charge is 2.34. The fourth-order valence-corrected chi connectivity index (χ4v) is 6.26. The molecule has 0 saturated carbocycles. The van der Waals surface area contributed by atoms with Gasteiger partial charge in [-0.2, -0.15) is 4.31 Å². The van der Waals surface area contributed by atoms with E-state index in [1.54, 1.807) is 41.0 Å². The van der Waals surface area contributed by atoms with E-state index >= 15 is 0 Å². The van der Waals surface area contributed by atoms with Gasteiger partial charge in [0.2, 0.25) is 10.0 Å². The van der Waals surface area contributed by atoms with E-state index in [2.05, 4.69) is 13.8 Å². The van der Waals surface area contributed by atoms with Gasteiger partial charge in [-0.3, -0.25) is 4.79 Å². The van der Waals surface area contributed by atoms with Crippen LogP contribution in [0, 0.1) is 0 Å². The van der Waals surface area contributed by atoms with Crippen LogP contribution in [0.3, 0.4) is 0 Å². The zero-order valence-electron chi connectivity index (χ0n) is 19.3. The van der Waals surface area contributed by atoms with E-state index in [1.807, 2.05) is 12.3 Å². The SMILES string of the molecule is CCC(CC)Oc1ccc(S(=O)(=O)N2CCC(c3cn(CC(=O)O)c4ccc(Cl)cc34)C2)cc1. The molecular formula is C25H29ClN2O5S. The molecule has 34 heavy (non-hydrogen) atoms. The van der Waals surface area contributed by atoms with Crippen molar-refractivity contribution in [2.45, 2.75) is 56.6 Å². The number of hydrogen-bond donors (Lipinski definition) is 1. The Balaban J connectivity index is 1.56. The molecule has 4 rings (SSSR count). The summed E-state index contributed by atoms with van der Waals surface area (Å²) in [6.45, 7) is 4.67. The number of carbonyl (C=O) groups is 1. The van der Waals surface area contributed by atoms with Gasteiger partial charge < -0.3 is 14.4 Å². The third kappa shape index (κ3) is 4.94. The Morgan fingerprint density at radius 3 is 2.53 bits per heavy atom. The van der Waals surface area contributed by atoms with Crippen LogP contribution in [0.4, 0.5) is 0 Å². The lowest BCUT2D eigenvalue weighted by Crippen LogP contribution is -2.28. The predicted molar refractivity (Wildman–Crippen MR) is 132 cm³/mol. The number of sulfonamides is 1. The molecule has 1 aliphatic heterocycles. The van der Waals surface area contributed by atoms with Gasteiger partial charge in [0.15, 0.2) is 0 Å². The molecule has 1 aromatic heterocycles. The summed E-state index contributed by atoms with van der Waals surface area (Å²) in [6, 6.07) is 12.0. The zero-order valence-corrected chi connectivity index (χ0v) is 20.8. The van der Waals surface area contributed by atoms with Gasteiger partial charge in [-0.05, 0) is 67.3 Å². The molecule has 1 unspecified atom stereocenters. The minimum absolute atomic E-state index is 0.0525. The molecular weight excluding hydrogens is 476 g/mol. The van der Waals surface area contributed by atoms with Crippen LogP contribution in [-0.2, 0) is 21.4 Å². The van der Waals surface area contributed by atoms with E-state index in [0.717, 1.165) is 29.3 Å². The molecule has 2 aromatic carbocycles. The van der Waals surface area contributed by atoms with Gasteiger partial charge in [0.25, 0.3) is 0 Å². The van der Waals surface area contributed by atoms with Crippen molar-refractivity contribution >= 4 is 38.5 Å². The molecule has 9 heteroatoms. The summed E-state index contributed by atoms with van der Waals surface area (Å²) in [7, 11) is -3.66. The van der Waals surface area contributed by atoms with Gasteiger partial charge in [0.1, 0.15) is 12.3 Å². The molecule has 0 radical (unpaired) electrons. The maximum absolute atomic E-state index is 13.3. The van der Waals surface area contributed by atoms with Crippen molar-refractivity contribution in [2.24, 2.45) is 0 Å². The number of carboxylic acid groups (broad SMARTS) is 1. The first-order valence-corrected chi connectivity index (χ1v) is 13.3. The lowest BCUT2D eigenvalue weighted by molar-refractivity contribution is -0.137. The number of benzene rings is 2. The summed E-state index contributed by atoms with van der Waals surface area (Å²) < 4.78 is 35.7. The Morgan fingerprint density at radius 1 is 1.18 bits per heavy atom. The molecule has 0 amide bonds. The fourth-order valence-electron chi connectivity index (χ4n) is 4.59. The van der Waals surface area contributed by atoms with Crippen molar-refractivity contribution in [3.63, 3.8) is 0 Å². The highest BCUT2D eigenvalue weighted by Crippen LogP contribution is 2.37. The number of carboxylic acids is 1. The normalized spacial score (nSPS) is 17.0. The topological polar surface area (TPSA) is 88.8 Å². The van der Waals surface area contributed by atoms with Gasteiger partial charge >= 0.3 is 5.97 Å². The Kier molecular flexibility index (Phi) is 7.21.